The van der Waals surface area contributed by atoms with Crippen LogP contribution in [-0.2, 0) is 16.1 Å². The van der Waals surface area contributed by atoms with Crippen molar-refractivity contribution in [3.8, 4) is 11.5 Å². The maximum absolute atomic E-state index is 11.8. The normalized spacial score (nSPS) is 28.0. The number of benzene rings is 1. The first-order valence-electron chi connectivity index (χ1n) is 8.60. The molecule has 0 bridgehead atoms. The predicted octanol–water partition coefficient (Wildman–Crippen LogP) is -0.387. The topological polar surface area (TPSA) is 135 Å². The van der Waals surface area contributed by atoms with Crippen molar-refractivity contribution in [2.75, 3.05) is 20.3 Å². The number of aliphatic hydroxyl groups is 4. The molecule has 1 aromatic carbocycles. The summed E-state index contributed by atoms with van der Waals surface area (Å²) in [6.45, 7) is 2.98. The zero-order valence-electron chi connectivity index (χ0n) is 15.5. The number of aliphatic hydroxyl groups excluding tert-OH is 4. The molecule has 1 saturated heterocycles. The Bertz CT molecular complexity index is 619. The third-order valence-electron chi connectivity index (χ3n) is 4.22. The summed E-state index contributed by atoms with van der Waals surface area (Å²) in [5.74, 6) is 0.245. The highest BCUT2D eigenvalue weighted by Crippen LogP contribution is 2.36. The number of rotatable bonds is 8. The minimum Gasteiger partial charge on any atom is -0.490 e. The van der Waals surface area contributed by atoms with Crippen LogP contribution >= 0.6 is 0 Å². The van der Waals surface area contributed by atoms with E-state index >= 15 is 0 Å². The number of methoxy groups -OCH3 is 1. The lowest BCUT2D eigenvalue weighted by Gasteiger charge is -2.39. The fourth-order valence-electron chi connectivity index (χ4n) is 2.80. The number of Topliss-reactive ketones (excluding diaryl/α,β-unsaturated/α-hetero) is 1. The fourth-order valence-corrected chi connectivity index (χ4v) is 2.80. The number of carbonyl (C=O) groups excluding carboxylic acids is 1. The number of ether oxygens (including phenoxy) is 4. The summed E-state index contributed by atoms with van der Waals surface area (Å²) in [6, 6.07) is 3.08. The van der Waals surface area contributed by atoms with Gasteiger partial charge in [-0.25, -0.2) is 0 Å². The average molecular weight is 386 g/mol. The largest absolute Gasteiger partial charge is 0.490 e. The molecule has 9 nitrogen and oxygen atoms in total. The second-order valence-corrected chi connectivity index (χ2v) is 6.20. The van der Waals surface area contributed by atoms with Crippen molar-refractivity contribution in [3.05, 3.63) is 23.3 Å². The molecule has 0 aromatic heterocycles. The molecular weight excluding hydrogens is 360 g/mol. The minimum atomic E-state index is -1.57. The third-order valence-corrected chi connectivity index (χ3v) is 4.22. The van der Waals surface area contributed by atoms with Crippen LogP contribution in [0.5, 0.6) is 11.5 Å². The highest BCUT2D eigenvalue weighted by Gasteiger charge is 2.45. The maximum Gasteiger partial charge on any atom is 0.229 e. The summed E-state index contributed by atoms with van der Waals surface area (Å²) in [6.07, 6.45) is -7.11. The molecule has 0 spiro atoms. The van der Waals surface area contributed by atoms with E-state index in [0.29, 0.717) is 17.7 Å². The van der Waals surface area contributed by atoms with Gasteiger partial charge < -0.3 is 39.4 Å². The molecule has 1 aliphatic rings. The van der Waals surface area contributed by atoms with E-state index < -0.39 is 37.3 Å². The lowest BCUT2D eigenvalue weighted by atomic mass is 9.99. The molecule has 1 aliphatic heterocycles. The maximum atomic E-state index is 11.8. The van der Waals surface area contributed by atoms with E-state index in [1.54, 1.807) is 13.0 Å². The summed E-state index contributed by atoms with van der Waals surface area (Å²) >= 11 is 0. The van der Waals surface area contributed by atoms with Crippen molar-refractivity contribution in [2.45, 2.75) is 51.2 Å². The van der Waals surface area contributed by atoms with Gasteiger partial charge >= 0.3 is 0 Å². The Balaban J connectivity index is 2.41. The van der Waals surface area contributed by atoms with Gasteiger partial charge in [0.2, 0.25) is 6.29 Å². The van der Waals surface area contributed by atoms with Gasteiger partial charge in [0.1, 0.15) is 24.4 Å². The SMILES string of the molecule is CCOc1cc(C(C)=O)cc(COC)c1O[C@@H]1O[C@H](CO)[C@@H](O)[C@H](O)[C@H]1O. The summed E-state index contributed by atoms with van der Waals surface area (Å²) in [4.78, 5) is 11.8. The Morgan fingerprint density at radius 2 is 1.89 bits per heavy atom. The van der Waals surface area contributed by atoms with Gasteiger partial charge in [0.25, 0.3) is 0 Å². The van der Waals surface area contributed by atoms with Gasteiger partial charge in [-0.1, -0.05) is 0 Å². The van der Waals surface area contributed by atoms with E-state index in [9.17, 15) is 25.2 Å². The van der Waals surface area contributed by atoms with Crippen LogP contribution in [0.25, 0.3) is 0 Å². The quantitative estimate of drug-likeness (QED) is 0.441. The van der Waals surface area contributed by atoms with E-state index in [-0.39, 0.29) is 23.9 Å². The van der Waals surface area contributed by atoms with Crippen LogP contribution in [-0.4, -0.2) is 77.2 Å². The Kier molecular flexibility index (Phi) is 7.54. The number of carbonyl (C=O) groups is 1. The van der Waals surface area contributed by atoms with E-state index in [1.807, 2.05) is 0 Å². The van der Waals surface area contributed by atoms with E-state index in [1.165, 1.54) is 20.1 Å². The van der Waals surface area contributed by atoms with Crippen LogP contribution in [0.1, 0.15) is 29.8 Å². The Labute approximate surface area is 157 Å². The Hall–Kier alpha value is -1.75. The third kappa shape index (κ3) is 4.75. The zero-order chi connectivity index (χ0) is 20.1. The average Bonchev–Trinajstić information content (AvgIpc) is 2.64. The molecule has 0 radical (unpaired) electrons. The predicted molar refractivity (Wildman–Crippen MR) is 92.7 cm³/mol. The molecular formula is C18H26O9. The molecule has 0 unspecified atom stereocenters. The fraction of sp³-hybridized carbons (Fsp3) is 0.611. The van der Waals surface area contributed by atoms with Crippen molar-refractivity contribution < 1.29 is 44.2 Å². The minimum absolute atomic E-state index is 0.0912. The molecule has 2 rings (SSSR count). The lowest BCUT2D eigenvalue weighted by Crippen LogP contribution is -2.60. The van der Waals surface area contributed by atoms with Gasteiger partial charge in [0.05, 0.1) is 19.8 Å². The summed E-state index contributed by atoms with van der Waals surface area (Å²) < 4.78 is 21.8. The van der Waals surface area contributed by atoms with Gasteiger partial charge in [-0.15, -0.1) is 0 Å². The van der Waals surface area contributed by atoms with Crippen LogP contribution in [0.4, 0.5) is 0 Å². The summed E-state index contributed by atoms with van der Waals surface area (Å²) in [5.41, 5.74) is 0.872. The number of hydrogen-bond donors (Lipinski definition) is 4. The molecule has 1 fully saturated rings. The van der Waals surface area contributed by atoms with Gasteiger partial charge in [-0.05, 0) is 26.0 Å². The smallest absolute Gasteiger partial charge is 0.229 e. The standard InChI is InChI=1S/C18H26O9/c1-4-25-12-6-10(9(2)20)5-11(8-24-3)17(12)27-18-16(23)15(22)14(21)13(7-19)26-18/h5-6,13-16,18-19,21-23H,4,7-8H2,1-3H3/t13-,14-,15+,16-,18+/m1/s1. The van der Waals surface area contributed by atoms with Crippen molar-refractivity contribution >= 4 is 5.78 Å². The Morgan fingerprint density at radius 1 is 1.19 bits per heavy atom. The van der Waals surface area contributed by atoms with E-state index in [4.69, 9.17) is 18.9 Å². The first-order chi connectivity index (χ1) is 12.8. The van der Waals surface area contributed by atoms with Crippen molar-refractivity contribution in [1.29, 1.82) is 0 Å². The number of ketones is 1. The van der Waals surface area contributed by atoms with Crippen molar-refractivity contribution in [2.24, 2.45) is 0 Å². The summed E-state index contributed by atoms with van der Waals surface area (Å²) in [5, 5.41) is 39.3. The molecule has 0 aliphatic carbocycles. The van der Waals surface area contributed by atoms with E-state index in [2.05, 4.69) is 0 Å². The molecule has 1 heterocycles. The molecule has 4 N–H and O–H groups in total. The van der Waals surface area contributed by atoms with Crippen LogP contribution in [0.15, 0.2) is 12.1 Å². The molecule has 0 saturated carbocycles. The van der Waals surface area contributed by atoms with Crippen molar-refractivity contribution in [3.63, 3.8) is 0 Å². The first kappa shape index (κ1) is 21.5. The molecule has 27 heavy (non-hydrogen) atoms. The number of hydrogen-bond acceptors (Lipinski definition) is 9. The molecule has 1 aromatic rings. The summed E-state index contributed by atoms with van der Waals surface area (Å²) in [7, 11) is 1.47. The highest BCUT2D eigenvalue weighted by atomic mass is 16.7. The van der Waals surface area contributed by atoms with Crippen LogP contribution in [0.3, 0.4) is 0 Å². The monoisotopic (exact) mass is 386 g/mol. The first-order valence-corrected chi connectivity index (χ1v) is 8.60. The van der Waals surface area contributed by atoms with Gasteiger partial charge in [0.15, 0.2) is 17.3 Å². The van der Waals surface area contributed by atoms with Crippen LogP contribution in [0.2, 0.25) is 0 Å². The molecule has 9 heteroatoms. The Morgan fingerprint density at radius 3 is 2.44 bits per heavy atom. The second-order valence-electron chi connectivity index (χ2n) is 6.20. The highest BCUT2D eigenvalue weighted by molar-refractivity contribution is 5.95. The van der Waals surface area contributed by atoms with Crippen molar-refractivity contribution in [1.82, 2.24) is 0 Å². The molecule has 0 amide bonds. The van der Waals surface area contributed by atoms with Crippen LogP contribution in [0, 0.1) is 0 Å². The van der Waals surface area contributed by atoms with Crippen LogP contribution < -0.4 is 9.47 Å². The molecule has 152 valence electrons. The van der Waals surface area contributed by atoms with Gasteiger partial charge in [0, 0.05) is 18.2 Å². The lowest BCUT2D eigenvalue weighted by molar-refractivity contribution is -0.277. The zero-order valence-corrected chi connectivity index (χ0v) is 15.5. The molecule has 5 atom stereocenters. The van der Waals surface area contributed by atoms with Gasteiger partial charge in [-0.3, -0.25) is 4.79 Å². The second kappa shape index (κ2) is 9.45. The van der Waals surface area contributed by atoms with Gasteiger partial charge in [-0.2, -0.15) is 0 Å². The van der Waals surface area contributed by atoms with E-state index in [0.717, 1.165) is 0 Å².